The van der Waals surface area contributed by atoms with Crippen molar-refractivity contribution in [1.82, 2.24) is 5.32 Å². The van der Waals surface area contributed by atoms with Crippen LogP contribution in [0.2, 0.25) is 0 Å². The lowest BCUT2D eigenvalue weighted by Crippen LogP contribution is -2.40. The normalized spacial score (nSPS) is 19.2. The van der Waals surface area contributed by atoms with E-state index in [1.54, 1.807) is 18.3 Å². The van der Waals surface area contributed by atoms with Crippen LogP contribution >= 0.6 is 11.3 Å². The van der Waals surface area contributed by atoms with E-state index in [2.05, 4.69) is 5.32 Å². The van der Waals surface area contributed by atoms with Crippen molar-refractivity contribution in [2.24, 2.45) is 5.92 Å². The molecular weight excluding hydrogens is 234 g/mol. The van der Waals surface area contributed by atoms with Crippen LogP contribution in [0.1, 0.15) is 25.3 Å². The zero-order chi connectivity index (χ0) is 12.3. The first-order valence-corrected chi connectivity index (χ1v) is 6.71. The maximum atomic E-state index is 11.8. The van der Waals surface area contributed by atoms with Crippen molar-refractivity contribution in [1.29, 1.82) is 0 Å². The van der Waals surface area contributed by atoms with Gasteiger partial charge in [0.25, 0.3) is 0 Å². The van der Waals surface area contributed by atoms with Crippen molar-refractivity contribution in [3.63, 3.8) is 0 Å². The summed E-state index contributed by atoms with van der Waals surface area (Å²) < 4.78 is 0. The Kier molecular flexibility index (Phi) is 3.64. The molecule has 1 aromatic rings. The molecule has 1 unspecified atom stereocenters. The van der Waals surface area contributed by atoms with Gasteiger partial charge in [0.05, 0.1) is 6.54 Å². The minimum atomic E-state index is -0.984. The summed E-state index contributed by atoms with van der Waals surface area (Å²) in [7, 11) is 0. The SMILES string of the molecule is CC(O)(CNC(=O)C1CC=CC1)c1ccsc1. The monoisotopic (exact) mass is 251 g/mol. The average molecular weight is 251 g/mol. The first-order valence-electron chi connectivity index (χ1n) is 5.77. The third-order valence-corrected chi connectivity index (χ3v) is 3.81. The summed E-state index contributed by atoms with van der Waals surface area (Å²) in [4.78, 5) is 11.8. The first-order chi connectivity index (χ1) is 8.09. The molecule has 1 aromatic heterocycles. The summed E-state index contributed by atoms with van der Waals surface area (Å²) in [5, 5.41) is 16.9. The summed E-state index contributed by atoms with van der Waals surface area (Å²) in [5.74, 6) is 0.0822. The molecular formula is C13H17NO2S. The number of hydrogen-bond donors (Lipinski definition) is 2. The molecule has 92 valence electrons. The van der Waals surface area contributed by atoms with E-state index < -0.39 is 5.60 Å². The second-order valence-corrected chi connectivity index (χ2v) is 5.42. The van der Waals surface area contributed by atoms with E-state index in [-0.39, 0.29) is 18.4 Å². The second kappa shape index (κ2) is 5.02. The second-order valence-electron chi connectivity index (χ2n) is 4.64. The summed E-state index contributed by atoms with van der Waals surface area (Å²) >= 11 is 1.54. The lowest BCUT2D eigenvalue weighted by Gasteiger charge is -2.23. The molecule has 1 aliphatic carbocycles. The van der Waals surface area contributed by atoms with Gasteiger partial charge in [-0.15, -0.1) is 0 Å². The third kappa shape index (κ3) is 2.96. The first kappa shape index (κ1) is 12.3. The third-order valence-electron chi connectivity index (χ3n) is 3.13. The number of amides is 1. The van der Waals surface area contributed by atoms with Crippen LogP contribution in [0.15, 0.2) is 29.0 Å². The maximum Gasteiger partial charge on any atom is 0.223 e. The fourth-order valence-electron chi connectivity index (χ4n) is 1.91. The average Bonchev–Trinajstić information content (AvgIpc) is 2.97. The predicted octanol–water partition coefficient (Wildman–Crippen LogP) is 2.04. The van der Waals surface area contributed by atoms with Gasteiger partial charge in [-0.05, 0) is 42.2 Å². The topological polar surface area (TPSA) is 49.3 Å². The predicted molar refractivity (Wildman–Crippen MR) is 68.8 cm³/mol. The minimum Gasteiger partial charge on any atom is -0.384 e. The Labute approximate surface area is 105 Å². The highest BCUT2D eigenvalue weighted by atomic mass is 32.1. The molecule has 0 saturated heterocycles. The number of rotatable bonds is 4. The fraction of sp³-hybridized carbons (Fsp3) is 0.462. The molecule has 0 aromatic carbocycles. The fourth-order valence-corrected chi connectivity index (χ4v) is 2.69. The van der Waals surface area contributed by atoms with E-state index in [1.807, 2.05) is 29.0 Å². The smallest absolute Gasteiger partial charge is 0.223 e. The molecule has 3 nitrogen and oxygen atoms in total. The summed E-state index contributed by atoms with van der Waals surface area (Å²) in [5.41, 5.74) is -0.130. The van der Waals surface area contributed by atoms with Crippen molar-refractivity contribution in [2.45, 2.75) is 25.4 Å². The summed E-state index contributed by atoms with van der Waals surface area (Å²) in [6.07, 6.45) is 5.68. The molecule has 1 amide bonds. The maximum absolute atomic E-state index is 11.8. The van der Waals surface area contributed by atoms with Gasteiger partial charge in [0.15, 0.2) is 0 Å². The molecule has 1 atom stereocenters. The molecule has 0 spiro atoms. The highest BCUT2D eigenvalue weighted by molar-refractivity contribution is 7.08. The van der Waals surface area contributed by atoms with Gasteiger partial charge >= 0.3 is 0 Å². The molecule has 0 fully saturated rings. The number of carbonyl (C=O) groups is 1. The lowest BCUT2D eigenvalue weighted by atomic mass is 9.98. The van der Waals surface area contributed by atoms with Gasteiger partial charge in [0.1, 0.15) is 5.60 Å². The van der Waals surface area contributed by atoms with Crippen LogP contribution in [-0.2, 0) is 10.4 Å². The van der Waals surface area contributed by atoms with Gasteiger partial charge in [-0.25, -0.2) is 0 Å². The Bertz CT molecular complexity index is 401. The Morgan fingerprint density at radius 1 is 1.59 bits per heavy atom. The zero-order valence-electron chi connectivity index (χ0n) is 9.85. The van der Waals surface area contributed by atoms with E-state index in [0.29, 0.717) is 0 Å². The Hall–Kier alpha value is -1.13. The number of nitrogens with one attached hydrogen (secondary N) is 1. The quantitative estimate of drug-likeness (QED) is 0.805. The van der Waals surface area contributed by atoms with Gasteiger partial charge in [-0.2, -0.15) is 11.3 Å². The highest BCUT2D eigenvalue weighted by Gasteiger charge is 2.26. The van der Waals surface area contributed by atoms with E-state index >= 15 is 0 Å². The van der Waals surface area contributed by atoms with Crippen molar-refractivity contribution in [3.05, 3.63) is 34.5 Å². The number of hydrogen-bond acceptors (Lipinski definition) is 3. The lowest BCUT2D eigenvalue weighted by molar-refractivity contribution is -0.125. The number of aliphatic hydroxyl groups is 1. The van der Waals surface area contributed by atoms with Gasteiger partial charge in [-0.3, -0.25) is 4.79 Å². The van der Waals surface area contributed by atoms with Crippen LogP contribution in [0.5, 0.6) is 0 Å². The van der Waals surface area contributed by atoms with E-state index in [4.69, 9.17) is 0 Å². The molecule has 0 bridgehead atoms. The molecule has 4 heteroatoms. The largest absolute Gasteiger partial charge is 0.384 e. The van der Waals surface area contributed by atoms with Crippen molar-refractivity contribution < 1.29 is 9.90 Å². The standard InChI is InChI=1S/C13H17NO2S/c1-13(16,11-6-7-17-8-11)9-14-12(15)10-4-2-3-5-10/h2-3,6-8,10,16H,4-5,9H2,1H3,(H,14,15). The Morgan fingerprint density at radius 2 is 2.29 bits per heavy atom. The Morgan fingerprint density at radius 3 is 2.88 bits per heavy atom. The molecule has 0 aliphatic heterocycles. The Balaban J connectivity index is 1.87. The summed E-state index contributed by atoms with van der Waals surface area (Å²) in [6, 6.07) is 1.88. The van der Waals surface area contributed by atoms with Gasteiger partial charge in [0.2, 0.25) is 5.91 Å². The zero-order valence-corrected chi connectivity index (χ0v) is 10.7. The molecule has 0 saturated carbocycles. The molecule has 17 heavy (non-hydrogen) atoms. The van der Waals surface area contributed by atoms with Crippen LogP contribution in [0, 0.1) is 5.92 Å². The van der Waals surface area contributed by atoms with Gasteiger partial charge in [-0.1, -0.05) is 12.2 Å². The number of carbonyl (C=O) groups excluding carboxylic acids is 1. The molecule has 1 aliphatic rings. The molecule has 1 heterocycles. The molecule has 2 rings (SSSR count). The van der Waals surface area contributed by atoms with E-state index in [9.17, 15) is 9.90 Å². The van der Waals surface area contributed by atoms with Crippen LogP contribution in [0.3, 0.4) is 0 Å². The van der Waals surface area contributed by atoms with Gasteiger partial charge in [0, 0.05) is 5.92 Å². The van der Waals surface area contributed by atoms with Crippen molar-refractivity contribution in [3.8, 4) is 0 Å². The van der Waals surface area contributed by atoms with Crippen LogP contribution < -0.4 is 5.32 Å². The van der Waals surface area contributed by atoms with Crippen LogP contribution in [-0.4, -0.2) is 17.6 Å². The van der Waals surface area contributed by atoms with Crippen LogP contribution in [0.4, 0.5) is 0 Å². The van der Waals surface area contributed by atoms with Gasteiger partial charge < -0.3 is 10.4 Å². The highest BCUT2D eigenvalue weighted by Crippen LogP contribution is 2.23. The van der Waals surface area contributed by atoms with E-state index in [0.717, 1.165) is 18.4 Å². The van der Waals surface area contributed by atoms with Crippen molar-refractivity contribution in [2.75, 3.05) is 6.54 Å². The van der Waals surface area contributed by atoms with Crippen LogP contribution in [0.25, 0.3) is 0 Å². The van der Waals surface area contributed by atoms with E-state index in [1.165, 1.54) is 0 Å². The number of thiophene rings is 1. The minimum absolute atomic E-state index is 0.0329. The van der Waals surface area contributed by atoms with Crippen molar-refractivity contribution >= 4 is 17.2 Å². The summed E-state index contributed by atoms with van der Waals surface area (Å²) in [6.45, 7) is 1.99. The molecule has 2 N–H and O–H groups in total. The number of allylic oxidation sites excluding steroid dienone is 2. The molecule has 0 radical (unpaired) electrons.